The van der Waals surface area contributed by atoms with Crippen molar-refractivity contribution in [1.29, 1.82) is 0 Å². The number of carbonyl (C=O) groups excluding carboxylic acids is 3. The first-order valence-corrected chi connectivity index (χ1v) is 26.0. The molecule has 356 valence electrons. The summed E-state index contributed by atoms with van der Waals surface area (Å²) in [5.74, 6) is 1.33. The zero-order valence-corrected chi connectivity index (χ0v) is 39.6. The highest BCUT2D eigenvalue weighted by molar-refractivity contribution is 5.92. The lowest BCUT2D eigenvalue weighted by Gasteiger charge is -2.70. The number of esters is 2. The number of aryl methyl sites for hydroxylation is 1. The molecule has 5 saturated heterocycles. The first kappa shape index (κ1) is 43.7. The Bertz CT molecular complexity index is 2260. The maximum atomic E-state index is 16.0. The molecule has 6 aliphatic heterocycles. The number of carbonyl (C=O) groups is 3. The smallest absolute Gasteiger partial charge is 0.339 e. The van der Waals surface area contributed by atoms with Crippen LogP contribution in [0.3, 0.4) is 0 Å². The number of Topliss-reactive ketones (excluding diaryl/α,β-unsaturated/α-hetero) is 1. The predicted molar refractivity (Wildman–Crippen MR) is 244 cm³/mol. The molecule has 4 saturated carbocycles. The van der Waals surface area contributed by atoms with Crippen LogP contribution >= 0.6 is 0 Å². The van der Waals surface area contributed by atoms with E-state index in [-0.39, 0.29) is 36.6 Å². The van der Waals surface area contributed by atoms with E-state index in [0.29, 0.717) is 54.9 Å². The number of nitrogens with one attached hydrogen (secondary N) is 1. The zero-order chi connectivity index (χ0) is 45.4. The summed E-state index contributed by atoms with van der Waals surface area (Å²) < 4.78 is 33.6. The van der Waals surface area contributed by atoms with Crippen LogP contribution in [0.1, 0.15) is 134 Å². The molecule has 2 aromatic rings. The number of hydrogen-bond donors (Lipinski definition) is 2. The van der Waals surface area contributed by atoms with E-state index in [1.807, 2.05) is 13.0 Å². The number of allylic oxidation sites excluding steroid dienone is 1. The molecule has 0 amide bonds. The molecule has 9 fully saturated rings. The van der Waals surface area contributed by atoms with Gasteiger partial charge in [-0.2, -0.15) is 0 Å². The summed E-state index contributed by atoms with van der Waals surface area (Å²) in [7, 11) is 0. The number of nitrogens with zero attached hydrogens (tertiary/aromatic N) is 1. The number of fused-ring (bicyclic) bond motifs is 4. The van der Waals surface area contributed by atoms with Crippen molar-refractivity contribution in [3.8, 4) is 0 Å². The summed E-state index contributed by atoms with van der Waals surface area (Å²) in [6.07, 6.45) is 15.6. The molecular weight excluding hydrogens is 833 g/mol. The Kier molecular flexibility index (Phi) is 10.4. The highest BCUT2D eigenvalue weighted by atomic mass is 16.7. The van der Waals surface area contributed by atoms with Gasteiger partial charge < -0.3 is 33.4 Å². The Hall–Kier alpha value is -3.51. The second-order valence-electron chi connectivity index (χ2n) is 23.9. The van der Waals surface area contributed by atoms with Gasteiger partial charge in [0.25, 0.3) is 0 Å². The minimum Gasteiger partial charge on any atom is -0.469 e. The largest absolute Gasteiger partial charge is 0.469 e. The molecule has 2 N–H and O–H groups in total. The van der Waals surface area contributed by atoms with Crippen molar-refractivity contribution in [1.82, 2.24) is 10.2 Å². The number of cyclic esters (lactones) is 2. The fourth-order valence-corrected chi connectivity index (χ4v) is 17.7. The van der Waals surface area contributed by atoms with Crippen LogP contribution in [0.2, 0.25) is 0 Å². The van der Waals surface area contributed by atoms with Crippen LogP contribution in [0.5, 0.6) is 0 Å². The number of epoxide rings is 1. The third kappa shape index (κ3) is 6.09. The van der Waals surface area contributed by atoms with Crippen molar-refractivity contribution in [3.05, 3.63) is 71.8 Å². The standard InChI is InChI=1S/C55H72N2O9/c1-32(2)17-22-52(4)46-45(59)47(60)54(37-12-8-11-35(27-37)25-33-9-6-5-7-10-33)42(53(46)30-63-44(58)28-43(53)65-52)18-21-51(3)48(64-50(61)49-55(51,54)66-49)39-20-24-62-41(39)16-14-34-13-15-38-36(26-34)19-23-57-31-56-29-40(38)57/h5-7,9-10,19-20,23-24,32,34-38,40,42-43,46-49,56,60H,8,11-18,21-22,25-31H2,1-4H3/t34-,35+,36+,37-,38-,40-,42+,43-,46+,47+,48-,49+,51-,52-,53-,54-,55+/m0/s1. The third-order valence-corrected chi connectivity index (χ3v) is 20.4. The van der Waals surface area contributed by atoms with E-state index in [1.54, 1.807) is 6.26 Å². The van der Waals surface area contributed by atoms with Crippen LogP contribution in [0.4, 0.5) is 0 Å². The van der Waals surface area contributed by atoms with Crippen LogP contribution in [0.25, 0.3) is 0 Å². The molecule has 0 bridgehead atoms. The summed E-state index contributed by atoms with van der Waals surface area (Å²) in [6, 6.07) is 13.2. The second-order valence-corrected chi connectivity index (χ2v) is 23.9. The summed E-state index contributed by atoms with van der Waals surface area (Å²) >= 11 is 0. The second kappa shape index (κ2) is 15.8. The molecule has 4 aliphatic carbocycles. The lowest BCUT2D eigenvalue weighted by molar-refractivity contribution is -0.276. The SMILES string of the molecule is CC(C)CC[C@]1(C)O[C@H]2CC(=O)OC[C@]23[C@H]2CC[C@@]4(C)[C@H](c5ccoc5CC[C@@H]5CC[C@H]6[C@H](C=CN7CNC[C@@H]67)C5)OC(=O)[C@H]5O[C@]54[C@]2([C@H]2CCC[C@H](Cc4ccccc4)C2)[C@H](O)C(=O)[C@@H]31. The van der Waals surface area contributed by atoms with Gasteiger partial charge in [0.1, 0.15) is 30.2 Å². The molecule has 66 heavy (non-hydrogen) atoms. The fraction of sp³-hybridized carbons (Fsp3) is 0.727. The van der Waals surface area contributed by atoms with Crippen LogP contribution in [0, 0.1) is 63.6 Å². The van der Waals surface area contributed by atoms with Gasteiger partial charge in [-0.25, -0.2) is 4.79 Å². The number of furan rings is 1. The first-order valence-electron chi connectivity index (χ1n) is 26.0. The maximum absolute atomic E-state index is 16.0. The van der Waals surface area contributed by atoms with E-state index in [4.69, 9.17) is 23.4 Å². The summed E-state index contributed by atoms with van der Waals surface area (Å²) in [5, 5.41) is 17.2. The van der Waals surface area contributed by atoms with Crippen molar-refractivity contribution in [2.24, 2.45) is 63.6 Å². The van der Waals surface area contributed by atoms with Crippen molar-refractivity contribution < 1.29 is 42.9 Å². The van der Waals surface area contributed by atoms with Gasteiger partial charge in [0, 0.05) is 40.8 Å². The van der Waals surface area contributed by atoms with Gasteiger partial charge >= 0.3 is 11.9 Å². The van der Waals surface area contributed by atoms with Crippen molar-refractivity contribution in [2.45, 2.75) is 166 Å². The third-order valence-electron chi connectivity index (χ3n) is 20.4. The molecule has 0 unspecified atom stereocenters. The molecule has 2 spiro atoms. The molecule has 1 aromatic heterocycles. The Morgan fingerprint density at radius 1 is 0.955 bits per heavy atom. The number of ketones is 1. The van der Waals surface area contributed by atoms with E-state index in [1.165, 1.54) is 24.8 Å². The topological polar surface area (TPSA) is 140 Å². The Morgan fingerprint density at radius 2 is 1.80 bits per heavy atom. The fourth-order valence-electron chi connectivity index (χ4n) is 17.7. The van der Waals surface area contributed by atoms with Gasteiger partial charge in [0.15, 0.2) is 11.9 Å². The lowest BCUT2D eigenvalue weighted by atomic mass is 9.32. The molecule has 12 rings (SSSR count). The molecule has 1 aromatic carbocycles. The molecule has 0 radical (unpaired) electrons. The van der Waals surface area contributed by atoms with Crippen molar-refractivity contribution >= 4 is 17.7 Å². The van der Waals surface area contributed by atoms with Gasteiger partial charge in [-0.15, -0.1) is 0 Å². The Balaban J connectivity index is 0.930. The van der Waals surface area contributed by atoms with E-state index >= 15 is 4.79 Å². The monoisotopic (exact) mass is 905 g/mol. The summed E-state index contributed by atoms with van der Waals surface area (Å²) in [5.41, 5.74) is -2.78. The van der Waals surface area contributed by atoms with E-state index in [2.05, 4.69) is 73.6 Å². The molecule has 7 heterocycles. The number of benzene rings is 1. The quantitative estimate of drug-likeness (QED) is 0.176. The van der Waals surface area contributed by atoms with Crippen LogP contribution in [0.15, 0.2) is 59.4 Å². The van der Waals surface area contributed by atoms with E-state index in [9.17, 15) is 14.7 Å². The van der Waals surface area contributed by atoms with Gasteiger partial charge in [-0.3, -0.25) is 14.9 Å². The summed E-state index contributed by atoms with van der Waals surface area (Å²) in [4.78, 5) is 46.6. The predicted octanol–water partition coefficient (Wildman–Crippen LogP) is 8.28. The number of aliphatic hydroxyl groups excluding tert-OH is 1. The normalized spacial score (nSPS) is 46.6. The average Bonchev–Trinajstić information content (AvgIpc) is 3.55. The van der Waals surface area contributed by atoms with Crippen molar-refractivity contribution in [2.75, 3.05) is 19.8 Å². The van der Waals surface area contributed by atoms with E-state index < -0.39 is 63.8 Å². The number of rotatable bonds is 10. The number of aliphatic hydroxyl groups is 1. The Labute approximate surface area is 390 Å². The lowest BCUT2D eigenvalue weighted by Crippen LogP contribution is -2.79. The van der Waals surface area contributed by atoms with Gasteiger partial charge in [0.2, 0.25) is 0 Å². The minimum absolute atomic E-state index is 0.0645. The zero-order valence-electron chi connectivity index (χ0n) is 39.6. The molecule has 11 heteroatoms. The van der Waals surface area contributed by atoms with Gasteiger partial charge in [-0.1, -0.05) is 76.4 Å². The van der Waals surface area contributed by atoms with E-state index in [0.717, 1.165) is 75.9 Å². The number of ether oxygens (including phenoxy) is 4. The van der Waals surface area contributed by atoms with Crippen LogP contribution in [-0.2, 0) is 46.2 Å². The maximum Gasteiger partial charge on any atom is 0.339 e. The summed E-state index contributed by atoms with van der Waals surface area (Å²) in [6.45, 7) is 10.7. The van der Waals surface area contributed by atoms with Gasteiger partial charge in [-0.05, 0) is 130 Å². The van der Waals surface area contributed by atoms with Gasteiger partial charge in [0.05, 0.1) is 37.0 Å². The first-order chi connectivity index (χ1) is 31.8. The minimum atomic E-state index is -1.41. The Morgan fingerprint density at radius 3 is 2.64 bits per heavy atom. The van der Waals surface area contributed by atoms with Crippen LogP contribution in [-0.4, -0.2) is 83.1 Å². The molecule has 10 aliphatic rings. The average molecular weight is 905 g/mol. The highest BCUT2D eigenvalue weighted by Gasteiger charge is 2.93. The van der Waals surface area contributed by atoms with Crippen molar-refractivity contribution in [3.63, 3.8) is 0 Å². The molecule has 17 atom stereocenters. The molecule has 11 nitrogen and oxygen atoms in total. The number of hydrogen-bond acceptors (Lipinski definition) is 11. The highest BCUT2D eigenvalue weighted by Crippen LogP contribution is 2.83. The van der Waals surface area contributed by atoms with Crippen LogP contribution < -0.4 is 5.32 Å². The molecular formula is C55H72N2O9.